The lowest BCUT2D eigenvalue weighted by Crippen LogP contribution is -2.45. The van der Waals surface area contributed by atoms with Gasteiger partial charge in [-0.3, -0.25) is 4.79 Å². The number of carbonyl (C=O) groups excluding carboxylic acids is 1. The number of rotatable bonds is 6. The van der Waals surface area contributed by atoms with Gasteiger partial charge in [-0.25, -0.2) is 0 Å². The van der Waals surface area contributed by atoms with Crippen LogP contribution in [0.25, 0.3) is 0 Å². The third-order valence-electron chi connectivity index (χ3n) is 5.26. The number of benzene rings is 2. The summed E-state index contributed by atoms with van der Waals surface area (Å²) < 4.78 is 0. The number of hydrogen-bond donors (Lipinski definition) is 1. The molecule has 4 rings (SSSR count). The number of carbonyl (C=O) groups is 1. The molecular weight excluding hydrogens is 340 g/mol. The maximum absolute atomic E-state index is 13.1. The van der Waals surface area contributed by atoms with Crippen molar-refractivity contribution in [1.29, 1.82) is 0 Å². The lowest BCUT2D eigenvalue weighted by atomic mass is 10.0. The fourth-order valence-corrected chi connectivity index (χ4v) is 4.42. The van der Waals surface area contributed by atoms with Crippen molar-refractivity contribution in [3.8, 4) is 0 Å². The molecule has 2 fully saturated rings. The molecule has 4 heteroatoms. The fourth-order valence-electron chi connectivity index (χ4n) is 3.46. The van der Waals surface area contributed by atoms with Gasteiger partial charge in [-0.1, -0.05) is 42.1 Å². The van der Waals surface area contributed by atoms with Crippen LogP contribution in [0.1, 0.15) is 36.0 Å². The summed E-state index contributed by atoms with van der Waals surface area (Å²) in [7, 11) is 0. The predicted molar refractivity (Wildman–Crippen MR) is 107 cm³/mol. The van der Waals surface area contributed by atoms with Crippen molar-refractivity contribution in [1.82, 2.24) is 10.2 Å². The maximum atomic E-state index is 13.1. The standard InChI is InChI=1S/C22H26N2OS/c25-22(24-14-12-18(13-15-24)23-16-17-10-11-17)20-8-4-5-9-21(20)26-19-6-2-1-3-7-19/h1-9,17-18,23H,10-16H2. The van der Waals surface area contributed by atoms with Crippen molar-refractivity contribution >= 4 is 17.7 Å². The number of nitrogens with one attached hydrogen (secondary N) is 1. The Labute approximate surface area is 160 Å². The number of hydrogen-bond acceptors (Lipinski definition) is 3. The molecule has 1 aliphatic carbocycles. The number of nitrogens with zero attached hydrogens (tertiary/aromatic N) is 1. The van der Waals surface area contributed by atoms with Gasteiger partial charge in [0.05, 0.1) is 5.56 Å². The van der Waals surface area contributed by atoms with Gasteiger partial charge in [0.2, 0.25) is 0 Å². The first-order valence-electron chi connectivity index (χ1n) is 9.64. The molecule has 3 nitrogen and oxygen atoms in total. The highest BCUT2D eigenvalue weighted by Crippen LogP contribution is 2.31. The minimum atomic E-state index is 0.171. The van der Waals surface area contributed by atoms with Gasteiger partial charge in [0.1, 0.15) is 0 Å². The molecule has 2 aromatic carbocycles. The van der Waals surface area contributed by atoms with Crippen LogP contribution < -0.4 is 5.32 Å². The van der Waals surface area contributed by atoms with Crippen molar-refractivity contribution < 1.29 is 4.79 Å². The highest BCUT2D eigenvalue weighted by Gasteiger charge is 2.27. The summed E-state index contributed by atoms with van der Waals surface area (Å²) in [5, 5.41) is 3.68. The summed E-state index contributed by atoms with van der Waals surface area (Å²) in [5.41, 5.74) is 0.825. The van der Waals surface area contributed by atoms with E-state index in [0.717, 1.165) is 53.7 Å². The number of piperidine rings is 1. The van der Waals surface area contributed by atoms with Crippen LogP contribution in [-0.2, 0) is 0 Å². The van der Waals surface area contributed by atoms with Crippen LogP contribution in [-0.4, -0.2) is 36.5 Å². The largest absolute Gasteiger partial charge is 0.338 e. The van der Waals surface area contributed by atoms with Crippen LogP contribution >= 0.6 is 11.8 Å². The minimum Gasteiger partial charge on any atom is -0.338 e. The second-order valence-corrected chi connectivity index (χ2v) is 8.44. The van der Waals surface area contributed by atoms with Gasteiger partial charge in [0, 0.05) is 28.9 Å². The Kier molecular flexibility index (Phi) is 5.61. The van der Waals surface area contributed by atoms with Crippen molar-refractivity contribution in [2.45, 2.75) is 41.5 Å². The molecule has 0 atom stereocenters. The number of amides is 1. The monoisotopic (exact) mass is 366 g/mol. The molecule has 1 saturated carbocycles. The average Bonchev–Trinajstić information content (AvgIpc) is 3.52. The molecule has 2 aromatic rings. The Hall–Kier alpha value is -1.78. The summed E-state index contributed by atoms with van der Waals surface area (Å²) in [6.07, 6.45) is 4.90. The number of likely N-dealkylation sites (tertiary alicyclic amines) is 1. The maximum Gasteiger partial charge on any atom is 0.255 e. The average molecular weight is 367 g/mol. The van der Waals surface area contributed by atoms with E-state index < -0.39 is 0 Å². The van der Waals surface area contributed by atoms with Gasteiger partial charge >= 0.3 is 0 Å². The minimum absolute atomic E-state index is 0.171. The smallest absolute Gasteiger partial charge is 0.255 e. The Morgan fingerprint density at radius 2 is 1.65 bits per heavy atom. The second kappa shape index (κ2) is 8.28. The topological polar surface area (TPSA) is 32.3 Å². The summed E-state index contributed by atoms with van der Waals surface area (Å²) in [6.45, 7) is 2.87. The van der Waals surface area contributed by atoms with E-state index in [1.807, 2.05) is 41.3 Å². The molecule has 0 unspecified atom stereocenters. The molecule has 136 valence electrons. The van der Waals surface area contributed by atoms with Gasteiger partial charge in [-0.2, -0.15) is 0 Å². The van der Waals surface area contributed by atoms with Gasteiger partial charge in [0.25, 0.3) is 5.91 Å². The van der Waals surface area contributed by atoms with Crippen LogP contribution in [0.5, 0.6) is 0 Å². The molecule has 1 N–H and O–H groups in total. The third-order valence-corrected chi connectivity index (χ3v) is 6.35. The SMILES string of the molecule is O=C(c1ccccc1Sc1ccccc1)N1CCC(NCC2CC2)CC1. The van der Waals surface area contributed by atoms with Crippen molar-refractivity contribution in [2.24, 2.45) is 5.92 Å². The van der Waals surface area contributed by atoms with Crippen LogP contribution in [0.2, 0.25) is 0 Å². The van der Waals surface area contributed by atoms with Crippen LogP contribution in [0, 0.1) is 5.92 Å². The highest BCUT2D eigenvalue weighted by molar-refractivity contribution is 7.99. The van der Waals surface area contributed by atoms with E-state index in [-0.39, 0.29) is 5.91 Å². The summed E-state index contributed by atoms with van der Waals surface area (Å²) in [5.74, 6) is 1.08. The zero-order chi connectivity index (χ0) is 17.8. The van der Waals surface area contributed by atoms with E-state index in [2.05, 4.69) is 23.5 Å². The first-order valence-corrected chi connectivity index (χ1v) is 10.5. The Bertz CT molecular complexity index is 737. The van der Waals surface area contributed by atoms with Crippen LogP contribution in [0.4, 0.5) is 0 Å². The molecule has 0 spiro atoms. The van der Waals surface area contributed by atoms with E-state index in [9.17, 15) is 4.79 Å². The van der Waals surface area contributed by atoms with E-state index in [1.54, 1.807) is 11.8 Å². The molecule has 26 heavy (non-hydrogen) atoms. The third kappa shape index (κ3) is 4.49. The Morgan fingerprint density at radius 1 is 0.962 bits per heavy atom. The summed E-state index contributed by atoms with van der Waals surface area (Å²) in [6, 6.07) is 18.8. The van der Waals surface area contributed by atoms with Gasteiger partial charge in [-0.15, -0.1) is 0 Å². The lowest BCUT2D eigenvalue weighted by Gasteiger charge is -2.33. The van der Waals surface area contributed by atoms with E-state index >= 15 is 0 Å². The van der Waals surface area contributed by atoms with Crippen molar-refractivity contribution in [3.63, 3.8) is 0 Å². The van der Waals surface area contributed by atoms with Crippen LogP contribution in [0.3, 0.4) is 0 Å². The van der Waals surface area contributed by atoms with Gasteiger partial charge < -0.3 is 10.2 Å². The fraction of sp³-hybridized carbons (Fsp3) is 0.409. The quantitative estimate of drug-likeness (QED) is 0.820. The molecule has 0 radical (unpaired) electrons. The molecule has 1 heterocycles. The Balaban J connectivity index is 1.38. The van der Waals surface area contributed by atoms with Gasteiger partial charge in [-0.05, 0) is 62.4 Å². The lowest BCUT2D eigenvalue weighted by molar-refractivity contribution is 0.0701. The Morgan fingerprint density at radius 3 is 2.38 bits per heavy atom. The van der Waals surface area contributed by atoms with Crippen LogP contribution in [0.15, 0.2) is 64.4 Å². The first kappa shape index (κ1) is 17.6. The zero-order valence-electron chi connectivity index (χ0n) is 15.1. The molecular formula is C22H26N2OS. The molecule has 1 saturated heterocycles. The normalized spacial score (nSPS) is 18.1. The molecule has 0 aromatic heterocycles. The molecule has 1 aliphatic heterocycles. The molecule has 0 bridgehead atoms. The van der Waals surface area contributed by atoms with Crippen molar-refractivity contribution in [2.75, 3.05) is 19.6 Å². The zero-order valence-corrected chi connectivity index (χ0v) is 15.9. The first-order chi connectivity index (χ1) is 12.8. The van der Waals surface area contributed by atoms with E-state index in [0.29, 0.717) is 6.04 Å². The summed E-state index contributed by atoms with van der Waals surface area (Å²) in [4.78, 5) is 17.3. The van der Waals surface area contributed by atoms with E-state index in [1.165, 1.54) is 12.8 Å². The second-order valence-electron chi connectivity index (χ2n) is 7.33. The molecule has 2 aliphatic rings. The predicted octanol–water partition coefficient (Wildman–Crippen LogP) is 4.44. The van der Waals surface area contributed by atoms with Crippen molar-refractivity contribution in [3.05, 3.63) is 60.2 Å². The van der Waals surface area contributed by atoms with E-state index in [4.69, 9.17) is 0 Å². The summed E-state index contributed by atoms with van der Waals surface area (Å²) >= 11 is 1.67. The van der Waals surface area contributed by atoms with Gasteiger partial charge in [0.15, 0.2) is 0 Å². The highest BCUT2D eigenvalue weighted by atomic mass is 32.2. The molecule has 1 amide bonds.